The number of benzene rings is 1. The predicted molar refractivity (Wildman–Crippen MR) is 104 cm³/mol. The number of ether oxygens (including phenoxy) is 1. The first-order valence-corrected chi connectivity index (χ1v) is 10.4. The van der Waals surface area contributed by atoms with E-state index in [9.17, 15) is 9.59 Å². The van der Waals surface area contributed by atoms with Crippen LogP contribution >= 0.6 is 0 Å². The van der Waals surface area contributed by atoms with Crippen LogP contribution in [0.1, 0.15) is 46.6 Å². The molecule has 1 fully saturated rings. The van der Waals surface area contributed by atoms with Crippen molar-refractivity contribution in [2.24, 2.45) is 11.3 Å². The van der Waals surface area contributed by atoms with Crippen molar-refractivity contribution in [3.63, 3.8) is 0 Å². The van der Waals surface area contributed by atoms with E-state index in [2.05, 4.69) is 26.1 Å². The van der Waals surface area contributed by atoms with Crippen molar-refractivity contribution in [3.05, 3.63) is 35.9 Å². The van der Waals surface area contributed by atoms with E-state index in [0.29, 0.717) is 6.61 Å². The minimum absolute atomic E-state index is 0.00288. The second-order valence-electron chi connectivity index (χ2n) is 8.99. The summed E-state index contributed by atoms with van der Waals surface area (Å²) in [5, 5.41) is 3.07. The van der Waals surface area contributed by atoms with E-state index in [1.165, 1.54) is 0 Å². The van der Waals surface area contributed by atoms with Crippen LogP contribution in [-0.4, -0.2) is 34.3 Å². The van der Waals surface area contributed by atoms with E-state index in [4.69, 9.17) is 9.16 Å². The lowest BCUT2D eigenvalue weighted by atomic mass is 9.69. The third-order valence-electron chi connectivity index (χ3n) is 4.49. The minimum atomic E-state index is -0.663. The smallest absolute Gasteiger partial charge is 0.308 e. The summed E-state index contributed by atoms with van der Waals surface area (Å²) in [6.45, 7) is 11.4. The number of amides is 1. The molecule has 1 aromatic carbocycles. The molecule has 5 nitrogen and oxygen atoms in total. The number of esters is 1. The van der Waals surface area contributed by atoms with Crippen molar-refractivity contribution in [1.82, 2.24) is 5.32 Å². The molecule has 1 saturated heterocycles. The van der Waals surface area contributed by atoms with Gasteiger partial charge in [0, 0.05) is 12.0 Å². The van der Waals surface area contributed by atoms with Crippen LogP contribution in [0.15, 0.2) is 30.3 Å². The fraction of sp³-hybridized carbons (Fsp3) is 0.600. The van der Waals surface area contributed by atoms with Gasteiger partial charge < -0.3 is 14.5 Å². The van der Waals surface area contributed by atoms with Crippen molar-refractivity contribution in [3.8, 4) is 0 Å². The maximum absolute atomic E-state index is 12.1. The molecule has 1 amide bonds. The van der Waals surface area contributed by atoms with Crippen molar-refractivity contribution in [1.29, 1.82) is 0 Å². The van der Waals surface area contributed by atoms with Crippen LogP contribution in [0.3, 0.4) is 0 Å². The number of hydrogen-bond acceptors (Lipinski definition) is 4. The van der Waals surface area contributed by atoms with Gasteiger partial charge >= 0.3 is 5.97 Å². The maximum Gasteiger partial charge on any atom is 0.308 e. The summed E-state index contributed by atoms with van der Waals surface area (Å²) < 4.78 is 11.3. The molecule has 0 radical (unpaired) electrons. The van der Waals surface area contributed by atoms with Gasteiger partial charge in [-0.2, -0.15) is 0 Å². The Bertz CT molecular complexity index is 624. The molecule has 1 aliphatic rings. The normalized spacial score (nSPS) is 20.7. The van der Waals surface area contributed by atoms with Crippen LogP contribution in [0.2, 0.25) is 5.04 Å². The molecule has 1 heterocycles. The molecule has 0 aliphatic carbocycles. The van der Waals surface area contributed by atoms with Gasteiger partial charge in [0.1, 0.15) is 6.61 Å². The number of rotatable bonds is 8. The average Bonchev–Trinajstić information content (AvgIpc) is 2.51. The van der Waals surface area contributed by atoms with Gasteiger partial charge in [-0.25, -0.2) is 0 Å². The van der Waals surface area contributed by atoms with Gasteiger partial charge in [-0.3, -0.25) is 9.59 Å². The Morgan fingerprint density at radius 3 is 2.38 bits per heavy atom. The quantitative estimate of drug-likeness (QED) is 0.430. The highest BCUT2D eigenvalue weighted by molar-refractivity contribution is 6.31. The summed E-state index contributed by atoms with van der Waals surface area (Å²) in [5.74, 6) is -0.512. The number of nitrogens with one attached hydrogen (secondary N) is 1. The average molecular weight is 378 g/mol. The highest BCUT2D eigenvalue weighted by Gasteiger charge is 2.49. The monoisotopic (exact) mass is 377 g/mol. The molecular weight excluding hydrogens is 346 g/mol. The molecule has 0 spiro atoms. The maximum atomic E-state index is 12.1. The Kier molecular flexibility index (Phi) is 6.63. The molecule has 2 rings (SSSR count). The van der Waals surface area contributed by atoms with Crippen molar-refractivity contribution in [2.75, 3.05) is 6.61 Å². The molecule has 0 aromatic heterocycles. The summed E-state index contributed by atoms with van der Waals surface area (Å²) in [7, 11) is -0.663. The summed E-state index contributed by atoms with van der Waals surface area (Å²) in [5.41, 5.74) is 0.654. The largest absolute Gasteiger partial charge is 0.461 e. The van der Waals surface area contributed by atoms with Gasteiger partial charge in [0.25, 0.3) is 0 Å². The summed E-state index contributed by atoms with van der Waals surface area (Å²) in [6, 6.07) is 9.40. The second-order valence-corrected chi connectivity index (χ2v) is 11.8. The van der Waals surface area contributed by atoms with E-state index >= 15 is 0 Å². The van der Waals surface area contributed by atoms with E-state index in [0.717, 1.165) is 5.56 Å². The Hall–Kier alpha value is -1.66. The van der Waals surface area contributed by atoms with Gasteiger partial charge in [-0.05, 0) is 10.6 Å². The second kappa shape index (κ2) is 8.35. The number of carbonyl (C=O) groups is 2. The third kappa shape index (κ3) is 5.95. The van der Waals surface area contributed by atoms with Crippen LogP contribution in [0, 0.1) is 11.3 Å². The summed E-state index contributed by atoms with van der Waals surface area (Å²) >= 11 is 0. The van der Waals surface area contributed by atoms with Gasteiger partial charge in [0.05, 0.1) is 18.4 Å². The lowest BCUT2D eigenvalue weighted by Crippen LogP contribution is -2.64. The van der Waals surface area contributed by atoms with Crippen molar-refractivity contribution in [2.45, 2.75) is 58.7 Å². The number of carbonyl (C=O) groups excluding carboxylic acids is 2. The highest BCUT2D eigenvalue weighted by atomic mass is 28.2. The van der Waals surface area contributed by atoms with E-state index in [1.807, 2.05) is 44.2 Å². The topological polar surface area (TPSA) is 64.6 Å². The molecule has 2 atom stereocenters. The first-order valence-electron chi connectivity index (χ1n) is 9.16. The zero-order valence-electron chi connectivity index (χ0n) is 16.5. The van der Waals surface area contributed by atoms with Crippen molar-refractivity contribution >= 4 is 21.6 Å². The lowest BCUT2D eigenvalue weighted by Gasteiger charge is -2.46. The molecule has 26 heavy (non-hydrogen) atoms. The van der Waals surface area contributed by atoms with Gasteiger partial charge in [0.2, 0.25) is 5.91 Å². The highest BCUT2D eigenvalue weighted by Crippen LogP contribution is 2.37. The van der Waals surface area contributed by atoms with Crippen LogP contribution in [-0.2, 0) is 25.4 Å². The molecule has 144 valence electrons. The van der Waals surface area contributed by atoms with Gasteiger partial charge in [0.15, 0.2) is 9.76 Å². The number of β-lactam (4-membered cyclic amide) rings is 1. The van der Waals surface area contributed by atoms with Crippen molar-refractivity contribution < 1.29 is 18.8 Å². The van der Waals surface area contributed by atoms with Crippen LogP contribution in [0.4, 0.5) is 0 Å². The minimum Gasteiger partial charge on any atom is -0.461 e. The lowest BCUT2D eigenvalue weighted by molar-refractivity contribution is -0.152. The van der Waals surface area contributed by atoms with E-state index < -0.39 is 9.76 Å². The number of hydrogen-bond donors (Lipinski definition) is 1. The Balaban J connectivity index is 1.83. The SMILES string of the molecule is CC(C)(C)[SiH2]OCC(C)(C)[C@@H]1C(=O)N[C@@H]1CC(=O)OCc1ccccc1. The Morgan fingerprint density at radius 2 is 1.81 bits per heavy atom. The van der Waals surface area contributed by atoms with Crippen LogP contribution < -0.4 is 5.32 Å². The molecule has 0 bridgehead atoms. The molecule has 0 saturated carbocycles. The zero-order valence-corrected chi connectivity index (χ0v) is 17.9. The standard InChI is InChI=1S/C20H31NO4Si/c1-19(2,3)26-25-13-20(4,5)17-15(21-18(17)23)11-16(22)24-12-14-9-7-6-8-10-14/h6-10,15,17H,11-13,26H2,1-5H3,(H,21,23)/t15-,17+/m1/s1. The summed E-state index contributed by atoms with van der Waals surface area (Å²) in [6.07, 6.45) is 0.198. The molecule has 1 aliphatic heterocycles. The molecule has 0 unspecified atom stereocenters. The van der Waals surface area contributed by atoms with E-state index in [1.54, 1.807) is 0 Å². The van der Waals surface area contributed by atoms with Gasteiger partial charge in [-0.15, -0.1) is 0 Å². The fourth-order valence-corrected chi connectivity index (χ4v) is 4.44. The first-order chi connectivity index (χ1) is 12.1. The molecule has 1 N–H and O–H groups in total. The van der Waals surface area contributed by atoms with Crippen LogP contribution in [0.25, 0.3) is 0 Å². The Labute approximate surface area is 158 Å². The summed E-state index contributed by atoms with van der Waals surface area (Å²) in [4.78, 5) is 24.2. The van der Waals surface area contributed by atoms with E-state index in [-0.39, 0.29) is 47.3 Å². The Morgan fingerprint density at radius 1 is 1.15 bits per heavy atom. The molecule has 6 heteroatoms. The predicted octanol–water partition coefficient (Wildman–Crippen LogP) is 2.58. The fourth-order valence-electron chi connectivity index (χ4n) is 3.20. The first kappa shape index (κ1) is 20.6. The third-order valence-corrected chi connectivity index (χ3v) is 5.77. The molecule has 1 aromatic rings. The molecular formula is C20H31NO4Si. The van der Waals surface area contributed by atoms with Gasteiger partial charge in [-0.1, -0.05) is 65.0 Å². The zero-order chi connectivity index (χ0) is 19.4. The van der Waals surface area contributed by atoms with Crippen LogP contribution in [0.5, 0.6) is 0 Å².